The molecule has 29 heavy (non-hydrogen) atoms. The number of hydrogen-bond donors (Lipinski definition) is 1. The highest BCUT2D eigenvalue weighted by Crippen LogP contribution is 2.32. The Morgan fingerprint density at radius 3 is 2.38 bits per heavy atom. The smallest absolute Gasteiger partial charge is 0.328 e. The fourth-order valence-corrected chi connectivity index (χ4v) is 3.62. The molecular formula is C23H26N2O4. The van der Waals surface area contributed by atoms with Gasteiger partial charge in [0.2, 0.25) is 5.91 Å². The summed E-state index contributed by atoms with van der Waals surface area (Å²) in [5, 5.41) is 2.83. The van der Waals surface area contributed by atoms with Gasteiger partial charge in [0, 0.05) is 12.1 Å². The number of methoxy groups -OCH3 is 1. The third-order valence-electron chi connectivity index (χ3n) is 5.49. The summed E-state index contributed by atoms with van der Waals surface area (Å²) in [6.07, 6.45) is 0.699. The summed E-state index contributed by atoms with van der Waals surface area (Å²) in [6.45, 7) is 4.17. The van der Waals surface area contributed by atoms with Gasteiger partial charge in [-0.3, -0.25) is 9.59 Å². The first-order valence-corrected chi connectivity index (χ1v) is 9.80. The zero-order valence-electron chi connectivity index (χ0n) is 16.9. The van der Waals surface area contributed by atoms with Gasteiger partial charge in [0.05, 0.1) is 7.11 Å². The summed E-state index contributed by atoms with van der Waals surface area (Å²) < 4.78 is 4.88. The first-order chi connectivity index (χ1) is 14.0. The summed E-state index contributed by atoms with van der Waals surface area (Å²) in [5.74, 6) is -1.18. The molecule has 0 spiro atoms. The zero-order chi connectivity index (χ0) is 21.0. The second-order valence-electron chi connectivity index (χ2n) is 7.30. The average molecular weight is 394 g/mol. The van der Waals surface area contributed by atoms with Crippen molar-refractivity contribution >= 4 is 17.8 Å². The first-order valence-electron chi connectivity index (χ1n) is 9.80. The number of nitrogens with one attached hydrogen (secondary N) is 1. The van der Waals surface area contributed by atoms with Crippen molar-refractivity contribution in [2.75, 3.05) is 7.11 Å². The van der Waals surface area contributed by atoms with Gasteiger partial charge in [0.15, 0.2) is 0 Å². The molecule has 2 amide bonds. The lowest BCUT2D eigenvalue weighted by Gasteiger charge is -2.30. The van der Waals surface area contributed by atoms with Crippen LogP contribution in [-0.2, 0) is 20.9 Å². The molecule has 3 rings (SSSR count). The minimum absolute atomic E-state index is 0.102. The van der Waals surface area contributed by atoms with Crippen molar-refractivity contribution in [1.82, 2.24) is 10.2 Å². The molecule has 0 fully saturated rings. The Morgan fingerprint density at radius 2 is 1.76 bits per heavy atom. The van der Waals surface area contributed by atoms with Crippen LogP contribution in [0.4, 0.5) is 0 Å². The van der Waals surface area contributed by atoms with E-state index in [9.17, 15) is 14.4 Å². The molecule has 0 radical (unpaired) electrons. The molecule has 0 bridgehead atoms. The van der Waals surface area contributed by atoms with E-state index in [1.165, 1.54) is 7.11 Å². The highest BCUT2D eigenvalue weighted by molar-refractivity contribution is 6.01. The van der Waals surface area contributed by atoms with Crippen molar-refractivity contribution < 1.29 is 19.1 Å². The van der Waals surface area contributed by atoms with Crippen LogP contribution in [0, 0.1) is 5.92 Å². The molecule has 0 saturated carbocycles. The zero-order valence-corrected chi connectivity index (χ0v) is 16.9. The predicted octanol–water partition coefficient (Wildman–Crippen LogP) is 3.09. The van der Waals surface area contributed by atoms with E-state index in [0.717, 1.165) is 5.56 Å². The minimum atomic E-state index is -0.840. The van der Waals surface area contributed by atoms with Crippen LogP contribution in [0.3, 0.4) is 0 Å². The molecule has 0 aromatic heterocycles. The molecule has 3 unspecified atom stereocenters. The summed E-state index contributed by atoms with van der Waals surface area (Å²) in [5.41, 5.74) is 2.18. The monoisotopic (exact) mass is 394 g/mol. The van der Waals surface area contributed by atoms with Gasteiger partial charge < -0.3 is 15.0 Å². The number of carbonyl (C=O) groups excluding carboxylic acids is 3. The third kappa shape index (κ3) is 4.16. The summed E-state index contributed by atoms with van der Waals surface area (Å²) >= 11 is 0. The number of esters is 1. The molecule has 1 aliphatic heterocycles. The van der Waals surface area contributed by atoms with Crippen molar-refractivity contribution in [2.45, 2.75) is 38.9 Å². The number of rotatable bonds is 7. The molecular weight excluding hydrogens is 368 g/mol. The third-order valence-corrected chi connectivity index (χ3v) is 5.49. The molecule has 152 valence electrons. The van der Waals surface area contributed by atoms with Gasteiger partial charge in [-0.05, 0) is 23.1 Å². The second kappa shape index (κ2) is 8.90. The second-order valence-corrected chi connectivity index (χ2v) is 7.30. The minimum Gasteiger partial charge on any atom is -0.467 e. The van der Waals surface area contributed by atoms with E-state index in [4.69, 9.17) is 4.74 Å². The summed E-state index contributed by atoms with van der Waals surface area (Å²) in [7, 11) is 1.30. The van der Waals surface area contributed by atoms with Crippen LogP contribution in [0.1, 0.15) is 47.8 Å². The topological polar surface area (TPSA) is 75.7 Å². The van der Waals surface area contributed by atoms with Crippen molar-refractivity contribution in [3.8, 4) is 0 Å². The van der Waals surface area contributed by atoms with Crippen molar-refractivity contribution in [3.05, 3.63) is 71.3 Å². The van der Waals surface area contributed by atoms with Crippen LogP contribution < -0.4 is 5.32 Å². The van der Waals surface area contributed by atoms with Crippen LogP contribution in [-0.4, -0.2) is 35.8 Å². The lowest BCUT2D eigenvalue weighted by atomic mass is 9.97. The van der Waals surface area contributed by atoms with E-state index in [0.29, 0.717) is 24.1 Å². The van der Waals surface area contributed by atoms with E-state index < -0.39 is 24.0 Å². The normalized spacial score (nSPS) is 16.0. The van der Waals surface area contributed by atoms with Crippen LogP contribution in [0.25, 0.3) is 0 Å². The fourth-order valence-electron chi connectivity index (χ4n) is 3.62. The van der Waals surface area contributed by atoms with Gasteiger partial charge in [-0.25, -0.2) is 4.79 Å². The van der Waals surface area contributed by atoms with Crippen molar-refractivity contribution in [3.63, 3.8) is 0 Å². The quantitative estimate of drug-likeness (QED) is 0.733. The maximum Gasteiger partial charge on any atom is 0.328 e. The van der Waals surface area contributed by atoms with E-state index >= 15 is 0 Å². The van der Waals surface area contributed by atoms with Crippen molar-refractivity contribution in [2.24, 2.45) is 5.92 Å². The SMILES string of the molecule is CCC(C)C(NC(=O)C(c1ccccc1)N1Cc2ccccc2C1=O)C(=O)OC. The van der Waals surface area contributed by atoms with E-state index in [1.54, 1.807) is 11.0 Å². The Kier molecular flexibility index (Phi) is 6.32. The number of carbonyl (C=O) groups is 3. The van der Waals surface area contributed by atoms with Gasteiger partial charge in [-0.1, -0.05) is 68.8 Å². The highest BCUT2D eigenvalue weighted by atomic mass is 16.5. The maximum atomic E-state index is 13.4. The number of nitrogens with zero attached hydrogens (tertiary/aromatic N) is 1. The number of benzene rings is 2. The molecule has 0 aliphatic carbocycles. The van der Waals surface area contributed by atoms with E-state index in [-0.39, 0.29) is 11.8 Å². The lowest BCUT2D eigenvalue weighted by molar-refractivity contribution is -0.147. The Bertz CT molecular complexity index is 897. The number of hydrogen-bond acceptors (Lipinski definition) is 4. The number of fused-ring (bicyclic) bond motifs is 1. The predicted molar refractivity (Wildman–Crippen MR) is 109 cm³/mol. The Labute approximate surface area is 170 Å². The van der Waals surface area contributed by atoms with Gasteiger partial charge >= 0.3 is 5.97 Å². The number of ether oxygens (including phenoxy) is 1. The van der Waals surface area contributed by atoms with Gasteiger partial charge in [0.1, 0.15) is 12.1 Å². The molecule has 1 N–H and O–H groups in total. The van der Waals surface area contributed by atoms with Crippen LogP contribution in [0.2, 0.25) is 0 Å². The highest BCUT2D eigenvalue weighted by Gasteiger charge is 2.39. The van der Waals surface area contributed by atoms with Gasteiger partial charge in [0.25, 0.3) is 5.91 Å². The number of amides is 2. The summed E-state index contributed by atoms with van der Waals surface area (Å²) in [6, 6.07) is 14.9. The Balaban J connectivity index is 1.94. The molecule has 1 heterocycles. The first kappa shape index (κ1) is 20.6. The lowest BCUT2D eigenvalue weighted by Crippen LogP contribution is -2.50. The molecule has 2 aromatic carbocycles. The van der Waals surface area contributed by atoms with E-state index in [2.05, 4.69) is 5.32 Å². The van der Waals surface area contributed by atoms with Crippen LogP contribution in [0.15, 0.2) is 54.6 Å². The van der Waals surface area contributed by atoms with Gasteiger partial charge in [-0.15, -0.1) is 0 Å². The molecule has 6 heteroatoms. The van der Waals surface area contributed by atoms with Crippen LogP contribution >= 0.6 is 0 Å². The summed E-state index contributed by atoms with van der Waals surface area (Å²) in [4.78, 5) is 40.2. The molecule has 1 aliphatic rings. The van der Waals surface area contributed by atoms with Crippen LogP contribution in [0.5, 0.6) is 0 Å². The van der Waals surface area contributed by atoms with Gasteiger partial charge in [-0.2, -0.15) is 0 Å². The largest absolute Gasteiger partial charge is 0.467 e. The standard InChI is InChI=1S/C23H26N2O4/c1-4-15(2)19(23(28)29-3)24-21(26)20(16-10-6-5-7-11-16)25-14-17-12-8-9-13-18(17)22(25)27/h5-13,15,19-20H,4,14H2,1-3H3,(H,24,26). The molecule has 6 nitrogen and oxygen atoms in total. The maximum absolute atomic E-state index is 13.4. The average Bonchev–Trinajstić information content (AvgIpc) is 3.08. The van der Waals surface area contributed by atoms with E-state index in [1.807, 2.05) is 62.4 Å². The Morgan fingerprint density at radius 1 is 1.10 bits per heavy atom. The molecule has 3 atom stereocenters. The van der Waals surface area contributed by atoms with Crippen molar-refractivity contribution in [1.29, 1.82) is 0 Å². The Hall–Kier alpha value is -3.15. The molecule has 2 aromatic rings. The fraction of sp³-hybridized carbons (Fsp3) is 0.348. The molecule has 0 saturated heterocycles.